The number of hydroxylamine groups is 1. The third kappa shape index (κ3) is 2.90. The maximum Gasteiger partial charge on any atom is 0.128 e. The van der Waals surface area contributed by atoms with Crippen molar-refractivity contribution in [2.24, 2.45) is 0 Å². The first-order valence-electron chi connectivity index (χ1n) is 8.30. The van der Waals surface area contributed by atoms with E-state index >= 15 is 0 Å². The Balaban J connectivity index is 1.46. The van der Waals surface area contributed by atoms with Crippen molar-refractivity contribution in [3.8, 4) is 0 Å². The lowest BCUT2D eigenvalue weighted by Crippen LogP contribution is -2.56. The minimum atomic E-state index is 0.0533. The van der Waals surface area contributed by atoms with Gasteiger partial charge in [-0.2, -0.15) is 5.48 Å². The van der Waals surface area contributed by atoms with Crippen LogP contribution in [-0.2, 0) is 11.3 Å². The average molecular weight is 303 g/mol. The third-order valence-electron chi connectivity index (χ3n) is 4.79. The van der Waals surface area contributed by atoms with E-state index in [1.165, 1.54) is 23.1 Å². The van der Waals surface area contributed by atoms with Crippen LogP contribution in [-0.4, -0.2) is 32.0 Å². The molecule has 4 atom stereocenters. The van der Waals surface area contributed by atoms with Crippen LogP contribution in [0, 0.1) is 0 Å². The predicted octanol–water partition coefficient (Wildman–Crippen LogP) is 0.251. The van der Waals surface area contributed by atoms with E-state index in [1.54, 1.807) is 0 Å². The molecule has 2 aliphatic heterocycles. The van der Waals surface area contributed by atoms with Gasteiger partial charge in [-0.3, -0.25) is 20.8 Å². The van der Waals surface area contributed by atoms with Gasteiger partial charge in [0.05, 0.1) is 6.17 Å². The number of rotatable bonds is 3. The van der Waals surface area contributed by atoms with E-state index in [9.17, 15) is 0 Å². The maximum atomic E-state index is 5.37. The Bertz CT molecular complexity index is 531. The van der Waals surface area contributed by atoms with Gasteiger partial charge >= 0.3 is 0 Å². The number of hydrogen-bond donors (Lipinski definition) is 5. The second-order valence-corrected chi connectivity index (χ2v) is 6.40. The Morgan fingerprint density at radius 3 is 3.00 bits per heavy atom. The third-order valence-corrected chi connectivity index (χ3v) is 4.79. The molecule has 22 heavy (non-hydrogen) atoms. The van der Waals surface area contributed by atoms with Gasteiger partial charge in [0.25, 0.3) is 0 Å². The summed E-state index contributed by atoms with van der Waals surface area (Å²) >= 11 is 0. The summed E-state index contributed by atoms with van der Waals surface area (Å²) in [7, 11) is 0. The molecule has 0 bridgehead atoms. The lowest BCUT2D eigenvalue weighted by molar-refractivity contribution is 0.0329. The van der Waals surface area contributed by atoms with Crippen molar-refractivity contribution in [1.82, 2.24) is 26.7 Å². The SMILES string of the molecule is CC1NC(c2ccc3c(c2)CCC3NC2CNCCN2)NO1. The van der Waals surface area contributed by atoms with Crippen LogP contribution in [0.1, 0.15) is 42.2 Å². The first kappa shape index (κ1) is 14.6. The molecule has 5 N–H and O–H groups in total. The Morgan fingerprint density at radius 1 is 1.27 bits per heavy atom. The van der Waals surface area contributed by atoms with Crippen molar-refractivity contribution in [2.45, 2.75) is 44.4 Å². The number of benzene rings is 1. The number of hydrogen-bond acceptors (Lipinski definition) is 6. The first-order chi connectivity index (χ1) is 10.8. The Labute approximate surface area is 131 Å². The zero-order valence-corrected chi connectivity index (χ0v) is 13.0. The summed E-state index contributed by atoms with van der Waals surface area (Å²) in [4.78, 5) is 5.37. The van der Waals surface area contributed by atoms with E-state index in [-0.39, 0.29) is 12.4 Å². The largest absolute Gasteiger partial charge is 0.313 e. The molecule has 0 spiro atoms. The fraction of sp³-hybridized carbons (Fsp3) is 0.625. The topological polar surface area (TPSA) is 69.4 Å². The highest BCUT2D eigenvalue weighted by molar-refractivity contribution is 5.39. The zero-order valence-electron chi connectivity index (χ0n) is 13.0. The second kappa shape index (κ2) is 6.23. The first-order valence-corrected chi connectivity index (χ1v) is 8.30. The Morgan fingerprint density at radius 2 is 2.23 bits per heavy atom. The highest BCUT2D eigenvalue weighted by Crippen LogP contribution is 2.33. The lowest BCUT2D eigenvalue weighted by atomic mass is 10.0. The molecular formula is C16H25N5O. The molecule has 0 radical (unpaired) electrons. The fourth-order valence-electron chi connectivity index (χ4n) is 3.64. The van der Waals surface area contributed by atoms with Crippen molar-refractivity contribution < 1.29 is 4.84 Å². The Hall–Kier alpha value is -1.02. The van der Waals surface area contributed by atoms with Crippen LogP contribution in [0.25, 0.3) is 0 Å². The number of aryl methyl sites for hydroxylation is 1. The van der Waals surface area contributed by atoms with Crippen molar-refractivity contribution in [1.29, 1.82) is 0 Å². The van der Waals surface area contributed by atoms with E-state index in [2.05, 4.69) is 44.9 Å². The number of nitrogens with one attached hydrogen (secondary N) is 5. The van der Waals surface area contributed by atoms with E-state index in [1.807, 2.05) is 6.92 Å². The molecule has 0 aromatic heterocycles. The van der Waals surface area contributed by atoms with Crippen molar-refractivity contribution in [2.75, 3.05) is 19.6 Å². The molecular weight excluding hydrogens is 278 g/mol. The molecule has 1 aromatic carbocycles. The standard InChI is InChI=1S/C16H25N5O/c1-10-19-16(21-22-10)12-2-4-13-11(8-12)3-5-14(13)20-15-9-17-6-7-18-15/h2,4,8,10,14-21H,3,5-7,9H2,1H3. The summed E-state index contributed by atoms with van der Waals surface area (Å²) in [6.07, 6.45) is 2.84. The van der Waals surface area contributed by atoms with Gasteiger partial charge in [0.15, 0.2) is 0 Å². The van der Waals surface area contributed by atoms with Crippen molar-refractivity contribution >= 4 is 0 Å². The molecule has 0 saturated carbocycles. The van der Waals surface area contributed by atoms with Gasteiger partial charge in [-0.05, 0) is 36.5 Å². The minimum absolute atomic E-state index is 0.0533. The maximum absolute atomic E-state index is 5.37. The second-order valence-electron chi connectivity index (χ2n) is 6.40. The van der Waals surface area contributed by atoms with Crippen LogP contribution in [0.5, 0.6) is 0 Å². The van der Waals surface area contributed by atoms with Gasteiger partial charge in [-0.25, -0.2) is 0 Å². The van der Waals surface area contributed by atoms with Gasteiger partial charge in [0.2, 0.25) is 0 Å². The molecule has 6 heteroatoms. The van der Waals surface area contributed by atoms with E-state index in [4.69, 9.17) is 4.84 Å². The molecule has 0 amide bonds. The minimum Gasteiger partial charge on any atom is -0.313 e. The van der Waals surface area contributed by atoms with Crippen LogP contribution in [0.3, 0.4) is 0 Å². The molecule has 2 heterocycles. The highest BCUT2D eigenvalue weighted by Gasteiger charge is 2.28. The summed E-state index contributed by atoms with van der Waals surface area (Å²) in [5.74, 6) is 0. The van der Waals surface area contributed by atoms with E-state index < -0.39 is 0 Å². The molecule has 4 unspecified atom stereocenters. The molecule has 6 nitrogen and oxygen atoms in total. The summed E-state index contributed by atoms with van der Waals surface area (Å²) in [6, 6.07) is 7.26. The van der Waals surface area contributed by atoms with Gasteiger partial charge < -0.3 is 5.32 Å². The average Bonchev–Trinajstić information content (AvgIpc) is 3.15. The predicted molar refractivity (Wildman–Crippen MR) is 84.9 cm³/mol. The van der Waals surface area contributed by atoms with E-state index in [0.717, 1.165) is 26.1 Å². The van der Waals surface area contributed by atoms with Gasteiger partial charge in [0.1, 0.15) is 12.4 Å². The Kier molecular flexibility index (Phi) is 4.13. The normalized spacial score (nSPS) is 34.8. The number of fused-ring (bicyclic) bond motifs is 1. The van der Waals surface area contributed by atoms with Crippen LogP contribution in [0.2, 0.25) is 0 Å². The van der Waals surface area contributed by atoms with Crippen molar-refractivity contribution in [3.63, 3.8) is 0 Å². The van der Waals surface area contributed by atoms with Crippen LogP contribution < -0.4 is 26.7 Å². The molecule has 120 valence electrons. The van der Waals surface area contributed by atoms with Gasteiger partial charge in [-0.15, -0.1) is 0 Å². The van der Waals surface area contributed by atoms with Crippen LogP contribution >= 0.6 is 0 Å². The zero-order chi connectivity index (χ0) is 14.9. The molecule has 4 rings (SSSR count). The summed E-state index contributed by atoms with van der Waals surface area (Å²) in [5, 5.41) is 14.1. The fourth-order valence-corrected chi connectivity index (χ4v) is 3.64. The van der Waals surface area contributed by atoms with Crippen LogP contribution in [0.4, 0.5) is 0 Å². The molecule has 1 aromatic rings. The smallest absolute Gasteiger partial charge is 0.128 e. The van der Waals surface area contributed by atoms with Crippen LogP contribution in [0.15, 0.2) is 18.2 Å². The summed E-state index contributed by atoms with van der Waals surface area (Å²) in [5.41, 5.74) is 7.20. The number of piperazine rings is 1. The molecule has 3 aliphatic rings. The van der Waals surface area contributed by atoms with Gasteiger partial charge in [-0.1, -0.05) is 18.2 Å². The van der Waals surface area contributed by atoms with Gasteiger partial charge in [0, 0.05) is 25.7 Å². The monoisotopic (exact) mass is 303 g/mol. The van der Waals surface area contributed by atoms with E-state index in [0.29, 0.717) is 12.2 Å². The molecule has 1 aliphatic carbocycles. The van der Waals surface area contributed by atoms with Crippen molar-refractivity contribution in [3.05, 3.63) is 34.9 Å². The highest BCUT2D eigenvalue weighted by atomic mass is 16.7. The lowest BCUT2D eigenvalue weighted by Gasteiger charge is -2.29. The quantitative estimate of drug-likeness (QED) is 0.552. The molecule has 2 fully saturated rings. The summed E-state index contributed by atoms with van der Waals surface area (Å²) in [6.45, 7) is 5.10. The summed E-state index contributed by atoms with van der Waals surface area (Å²) < 4.78 is 0. The molecule has 2 saturated heterocycles.